The van der Waals surface area contributed by atoms with E-state index in [-0.39, 0.29) is 5.76 Å². The number of aromatic nitrogens is 1. The molecule has 0 amide bonds. The van der Waals surface area contributed by atoms with Gasteiger partial charge in [0, 0.05) is 0 Å². The van der Waals surface area contributed by atoms with Gasteiger partial charge in [-0.2, -0.15) is 0 Å². The lowest BCUT2D eigenvalue weighted by molar-refractivity contribution is 0.232. The second-order valence-corrected chi connectivity index (χ2v) is 4.13. The minimum atomic E-state index is -0.384. The first-order valence-corrected chi connectivity index (χ1v) is 6.16. The molecule has 0 bridgehead atoms. The van der Waals surface area contributed by atoms with Crippen molar-refractivity contribution in [3.8, 4) is 5.95 Å². The van der Waals surface area contributed by atoms with Crippen LogP contribution in [0.4, 0.5) is 0 Å². The highest BCUT2D eigenvalue weighted by Gasteiger charge is 2.06. The van der Waals surface area contributed by atoms with Crippen LogP contribution in [-0.4, -0.2) is 11.2 Å². The molecule has 0 saturated heterocycles. The number of rotatable bonds is 6. The van der Waals surface area contributed by atoms with Gasteiger partial charge in [0.25, 0.3) is 0 Å². The summed E-state index contributed by atoms with van der Waals surface area (Å²) in [7, 11) is 0. The molecule has 0 aliphatic carbocycles. The van der Waals surface area contributed by atoms with Gasteiger partial charge in [0.15, 0.2) is 0 Å². The van der Waals surface area contributed by atoms with Crippen molar-refractivity contribution in [1.82, 2.24) is 4.57 Å². The molecule has 2 rings (SSSR count). The number of unbranched alkanes of at least 4 members (excludes halogenated alkanes) is 1. The quantitative estimate of drug-likeness (QED) is 0.737. The molecule has 1 aromatic carbocycles. The zero-order valence-corrected chi connectivity index (χ0v) is 10.5. The summed E-state index contributed by atoms with van der Waals surface area (Å²) < 4.78 is 11.9. The summed E-state index contributed by atoms with van der Waals surface area (Å²) in [5, 5.41) is 0. The maximum atomic E-state index is 11.6. The van der Waals surface area contributed by atoms with Gasteiger partial charge in [-0.3, -0.25) is 4.57 Å². The van der Waals surface area contributed by atoms with Crippen LogP contribution in [0.3, 0.4) is 0 Å². The molecule has 0 aliphatic heterocycles. The number of hydrogen-bond acceptors (Lipinski definition) is 3. The van der Waals surface area contributed by atoms with Crippen molar-refractivity contribution >= 4 is 0 Å². The van der Waals surface area contributed by atoms with E-state index in [9.17, 15) is 4.79 Å². The average Bonchev–Trinajstić information content (AvgIpc) is 2.72. The van der Waals surface area contributed by atoms with Crippen LogP contribution in [0.25, 0.3) is 0 Å². The van der Waals surface area contributed by atoms with Crippen LogP contribution in [-0.2, 0) is 6.54 Å². The zero-order valence-electron chi connectivity index (χ0n) is 10.5. The first kappa shape index (κ1) is 12.5. The van der Waals surface area contributed by atoms with Gasteiger partial charge < -0.3 is 9.15 Å². The van der Waals surface area contributed by atoms with Gasteiger partial charge in [0.1, 0.15) is 0 Å². The van der Waals surface area contributed by atoms with E-state index >= 15 is 0 Å². The van der Waals surface area contributed by atoms with Gasteiger partial charge >= 0.3 is 11.7 Å². The molecule has 0 radical (unpaired) electrons. The van der Waals surface area contributed by atoms with E-state index in [0.717, 1.165) is 18.4 Å². The lowest BCUT2D eigenvalue weighted by Gasteiger charge is -2.00. The molecule has 0 atom stereocenters. The highest BCUT2D eigenvalue weighted by atomic mass is 16.6. The molecule has 1 heterocycles. The normalized spacial score (nSPS) is 10.5. The fraction of sp³-hybridized carbons (Fsp3) is 0.357. The van der Waals surface area contributed by atoms with Crippen LogP contribution in [0.2, 0.25) is 0 Å². The summed E-state index contributed by atoms with van der Waals surface area (Å²) >= 11 is 0. The van der Waals surface area contributed by atoms with Crippen molar-refractivity contribution in [3.63, 3.8) is 0 Å². The number of ether oxygens (including phenoxy) is 1. The van der Waals surface area contributed by atoms with Gasteiger partial charge in [-0.15, -0.1) is 0 Å². The topological polar surface area (TPSA) is 44.4 Å². The Morgan fingerprint density at radius 1 is 1.28 bits per heavy atom. The fourth-order valence-electron chi connectivity index (χ4n) is 1.63. The number of hydrogen-bond donors (Lipinski definition) is 0. The molecule has 0 saturated carbocycles. The summed E-state index contributed by atoms with van der Waals surface area (Å²) in [6.45, 7) is 3.16. The predicted octanol–water partition coefficient (Wildman–Crippen LogP) is 2.67. The van der Waals surface area contributed by atoms with Crippen molar-refractivity contribution in [3.05, 3.63) is 52.6 Å². The molecule has 96 valence electrons. The summed E-state index contributed by atoms with van der Waals surface area (Å²) in [5.41, 5.74) is 1.06. The standard InChI is InChI=1S/C14H17NO3/c1-2-3-9-17-13-11-15(14(16)18-13)10-12-7-5-4-6-8-12/h4-8,11H,2-3,9-10H2,1H3. The van der Waals surface area contributed by atoms with Gasteiger partial charge in [-0.1, -0.05) is 43.7 Å². The Hall–Kier alpha value is -1.97. The molecule has 0 spiro atoms. The minimum absolute atomic E-state index is 0.296. The van der Waals surface area contributed by atoms with Crippen molar-refractivity contribution in [2.24, 2.45) is 0 Å². The third-order valence-electron chi connectivity index (χ3n) is 2.62. The van der Waals surface area contributed by atoms with E-state index in [1.54, 1.807) is 6.20 Å². The number of oxazole rings is 1. The van der Waals surface area contributed by atoms with E-state index in [1.807, 2.05) is 30.3 Å². The Balaban J connectivity index is 2.03. The Morgan fingerprint density at radius 2 is 2.06 bits per heavy atom. The highest BCUT2D eigenvalue weighted by Crippen LogP contribution is 2.09. The molecular weight excluding hydrogens is 230 g/mol. The molecular formula is C14H17NO3. The summed E-state index contributed by atoms with van der Waals surface area (Å²) in [6, 6.07) is 9.77. The van der Waals surface area contributed by atoms with Gasteiger partial charge in [-0.25, -0.2) is 4.79 Å². The maximum absolute atomic E-state index is 11.6. The molecule has 0 unspecified atom stereocenters. The largest absolute Gasteiger partial charge is 0.464 e. The van der Waals surface area contributed by atoms with Crippen molar-refractivity contribution in [2.75, 3.05) is 6.61 Å². The number of benzene rings is 1. The van der Waals surface area contributed by atoms with E-state index in [1.165, 1.54) is 4.57 Å². The third kappa shape index (κ3) is 3.26. The zero-order chi connectivity index (χ0) is 12.8. The first-order chi connectivity index (χ1) is 8.79. The Morgan fingerprint density at radius 3 is 2.78 bits per heavy atom. The van der Waals surface area contributed by atoms with Crippen molar-refractivity contribution in [1.29, 1.82) is 0 Å². The second kappa shape index (κ2) is 6.10. The number of nitrogens with zero attached hydrogens (tertiary/aromatic N) is 1. The second-order valence-electron chi connectivity index (χ2n) is 4.13. The third-order valence-corrected chi connectivity index (χ3v) is 2.62. The summed E-state index contributed by atoms with van der Waals surface area (Å²) in [6.07, 6.45) is 3.62. The minimum Gasteiger partial charge on any atom is -0.464 e. The van der Waals surface area contributed by atoms with Crippen LogP contribution in [0.5, 0.6) is 5.95 Å². The van der Waals surface area contributed by atoms with Crippen molar-refractivity contribution in [2.45, 2.75) is 26.3 Å². The van der Waals surface area contributed by atoms with E-state index in [0.29, 0.717) is 19.1 Å². The fourth-order valence-corrected chi connectivity index (χ4v) is 1.63. The molecule has 18 heavy (non-hydrogen) atoms. The van der Waals surface area contributed by atoms with Crippen LogP contribution < -0.4 is 10.5 Å². The van der Waals surface area contributed by atoms with E-state index in [2.05, 4.69) is 6.92 Å². The Kier molecular flexibility index (Phi) is 4.23. The lowest BCUT2D eigenvalue weighted by atomic mass is 10.2. The van der Waals surface area contributed by atoms with Crippen LogP contribution in [0.15, 0.2) is 45.7 Å². The molecule has 4 heteroatoms. The monoisotopic (exact) mass is 247 g/mol. The summed E-state index contributed by atoms with van der Waals surface area (Å²) in [4.78, 5) is 11.6. The van der Waals surface area contributed by atoms with Crippen LogP contribution in [0.1, 0.15) is 25.3 Å². The van der Waals surface area contributed by atoms with E-state index in [4.69, 9.17) is 9.15 Å². The molecule has 0 fully saturated rings. The van der Waals surface area contributed by atoms with E-state index < -0.39 is 0 Å². The van der Waals surface area contributed by atoms with Crippen LogP contribution in [0, 0.1) is 0 Å². The average molecular weight is 247 g/mol. The maximum Gasteiger partial charge on any atom is 0.422 e. The van der Waals surface area contributed by atoms with Gasteiger partial charge in [0.2, 0.25) is 0 Å². The molecule has 0 N–H and O–H groups in total. The molecule has 0 aliphatic rings. The van der Waals surface area contributed by atoms with Crippen LogP contribution >= 0.6 is 0 Å². The van der Waals surface area contributed by atoms with Crippen molar-refractivity contribution < 1.29 is 9.15 Å². The van der Waals surface area contributed by atoms with Gasteiger partial charge in [0.05, 0.1) is 19.3 Å². The lowest BCUT2D eigenvalue weighted by Crippen LogP contribution is -2.13. The molecule has 4 nitrogen and oxygen atoms in total. The summed E-state index contributed by atoms with van der Waals surface area (Å²) in [5.74, 6) is -0.0882. The Bertz CT molecular complexity index is 527. The highest BCUT2D eigenvalue weighted by molar-refractivity contribution is 5.15. The Labute approximate surface area is 106 Å². The first-order valence-electron chi connectivity index (χ1n) is 6.16. The van der Waals surface area contributed by atoms with Gasteiger partial charge in [-0.05, 0) is 12.0 Å². The molecule has 2 aromatic rings. The SMILES string of the molecule is CCCCOc1cn(Cc2ccccc2)c(=O)o1. The smallest absolute Gasteiger partial charge is 0.422 e. The molecule has 1 aromatic heterocycles. The predicted molar refractivity (Wildman–Crippen MR) is 68.9 cm³/mol.